The SMILES string of the molecule is O=C(O)C(S)CCCc1nc2cc(F)ccc2n1Cc1ccc(Cl)cc1. The van der Waals surface area contributed by atoms with E-state index in [9.17, 15) is 9.18 Å². The smallest absolute Gasteiger partial charge is 0.316 e. The minimum atomic E-state index is -0.926. The highest BCUT2D eigenvalue weighted by atomic mass is 35.5. The number of imidazole rings is 1. The van der Waals surface area contributed by atoms with Crippen LogP contribution in [0.25, 0.3) is 11.0 Å². The van der Waals surface area contributed by atoms with Gasteiger partial charge in [0.2, 0.25) is 0 Å². The predicted molar refractivity (Wildman–Crippen MR) is 104 cm³/mol. The lowest BCUT2D eigenvalue weighted by molar-refractivity contribution is -0.136. The molecule has 1 aromatic heterocycles. The van der Waals surface area contributed by atoms with Crippen molar-refractivity contribution in [3.63, 3.8) is 0 Å². The Morgan fingerprint density at radius 3 is 2.69 bits per heavy atom. The number of aliphatic carboxylic acids is 1. The van der Waals surface area contributed by atoms with E-state index in [4.69, 9.17) is 16.7 Å². The van der Waals surface area contributed by atoms with Gasteiger partial charge in [0.15, 0.2) is 0 Å². The fourth-order valence-electron chi connectivity index (χ4n) is 2.87. The lowest BCUT2D eigenvalue weighted by Gasteiger charge is -2.10. The summed E-state index contributed by atoms with van der Waals surface area (Å²) in [5.74, 6) is -0.460. The number of benzene rings is 2. The number of aromatic nitrogens is 2. The molecule has 0 saturated carbocycles. The Morgan fingerprint density at radius 1 is 1.27 bits per heavy atom. The van der Waals surface area contributed by atoms with Crippen LogP contribution in [0.2, 0.25) is 5.02 Å². The molecule has 1 heterocycles. The van der Waals surface area contributed by atoms with Crippen LogP contribution in [0.15, 0.2) is 42.5 Å². The van der Waals surface area contributed by atoms with Crippen LogP contribution < -0.4 is 0 Å². The fraction of sp³-hybridized carbons (Fsp3) is 0.263. The molecule has 0 bridgehead atoms. The van der Waals surface area contributed by atoms with Crippen LogP contribution in [-0.4, -0.2) is 25.9 Å². The van der Waals surface area contributed by atoms with Gasteiger partial charge in [0.05, 0.1) is 16.3 Å². The number of aryl methyl sites for hydroxylation is 1. The van der Waals surface area contributed by atoms with E-state index in [1.54, 1.807) is 6.07 Å². The van der Waals surface area contributed by atoms with Crippen molar-refractivity contribution in [2.75, 3.05) is 0 Å². The number of carbonyl (C=O) groups is 1. The van der Waals surface area contributed by atoms with Crippen molar-refractivity contribution in [1.29, 1.82) is 0 Å². The molecule has 0 aliphatic rings. The monoisotopic (exact) mass is 392 g/mol. The maximum Gasteiger partial charge on any atom is 0.316 e. The van der Waals surface area contributed by atoms with E-state index in [1.807, 2.05) is 28.8 Å². The number of hydrogen-bond acceptors (Lipinski definition) is 3. The maximum atomic E-state index is 13.6. The molecule has 26 heavy (non-hydrogen) atoms. The number of hydrogen-bond donors (Lipinski definition) is 2. The van der Waals surface area contributed by atoms with Gasteiger partial charge in [-0.2, -0.15) is 12.6 Å². The number of thiol groups is 1. The molecule has 0 spiro atoms. The Balaban J connectivity index is 1.88. The Morgan fingerprint density at radius 2 is 2.00 bits per heavy atom. The van der Waals surface area contributed by atoms with Crippen molar-refractivity contribution < 1.29 is 14.3 Å². The van der Waals surface area contributed by atoms with Crippen LogP contribution in [0.1, 0.15) is 24.2 Å². The number of carboxylic acid groups (broad SMARTS) is 1. The number of rotatable bonds is 7. The van der Waals surface area contributed by atoms with Gasteiger partial charge in [-0.15, -0.1) is 0 Å². The molecular weight excluding hydrogens is 375 g/mol. The molecule has 0 fully saturated rings. The van der Waals surface area contributed by atoms with Gasteiger partial charge in [0.25, 0.3) is 0 Å². The molecule has 0 saturated heterocycles. The highest BCUT2D eigenvalue weighted by Gasteiger charge is 2.15. The first-order valence-corrected chi connectivity index (χ1v) is 9.13. The van der Waals surface area contributed by atoms with E-state index < -0.39 is 11.2 Å². The quantitative estimate of drug-likeness (QED) is 0.578. The Kier molecular flexibility index (Phi) is 5.84. The molecule has 1 unspecified atom stereocenters. The molecule has 0 amide bonds. The summed E-state index contributed by atoms with van der Waals surface area (Å²) >= 11 is 10.0. The summed E-state index contributed by atoms with van der Waals surface area (Å²) in [5.41, 5.74) is 2.49. The van der Waals surface area contributed by atoms with Crippen molar-refractivity contribution in [2.24, 2.45) is 0 Å². The third kappa shape index (κ3) is 4.37. The first-order valence-electron chi connectivity index (χ1n) is 8.24. The van der Waals surface area contributed by atoms with E-state index in [1.165, 1.54) is 12.1 Å². The molecule has 4 nitrogen and oxygen atoms in total. The second kappa shape index (κ2) is 8.10. The number of carboxylic acids is 1. The minimum Gasteiger partial charge on any atom is -0.480 e. The van der Waals surface area contributed by atoms with Crippen LogP contribution in [0.5, 0.6) is 0 Å². The third-order valence-corrected chi connectivity index (χ3v) is 4.94. The highest BCUT2D eigenvalue weighted by Crippen LogP contribution is 2.22. The summed E-state index contributed by atoms with van der Waals surface area (Å²) in [7, 11) is 0. The largest absolute Gasteiger partial charge is 0.480 e. The number of nitrogens with zero attached hydrogens (tertiary/aromatic N) is 2. The molecule has 0 aliphatic heterocycles. The van der Waals surface area contributed by atoms with Gasteiger partial charge >= 0.3 is 5.97 Å². The minimum absolute atomic E-state index is 0.332. The highest BCUT2D eigenvalue weighted by molar-refractivity contribution is 7.81. The van der Waals surface area contributed by atoms with Crippen molar-refractivity contribution in [3.8, 4) is 0 Å². The van der Waals surface area contributed by atoms with Crippen molar-refractivity contribution in [1.82, 2.24) is 9.55 Å². The fourth-order valence-corrected chi connectivity index (χ4v) is 3.18. The first kappa shape index (κ1) is 18.7. The molecule has 3 rings (SSSR count). The summed E-state index contributed by atoms with van der Waals surface area (Å²) < 4.78 is 15.6. The summed E-state index contributed by atoms with van der Waals surface area (Å²) in [6.45, 7) is 0.581. The summed E-state index contributed by atoms with van der Waals surface area (Å²) in [5, 5.41) is 8.92. The second-order valence-electron chi connectivity index (χ2n) is 6.12. The van der Waals surface area contributed by atoms with E-state index in [0.29, 0.717) is 36.3 Å². The second-order valence-corrected chi connectivity index (χ2v) is 7.18. The van der Waals surface area contributed by atoms with Gasteiger partial charge in [0, 0.05) is 24.1 Å². The summed E-state index contributed by atoms with van der Waals surface area (Å²) in [6.07, 6.45) is 1.66. The zero-order chi connectivity index (χ0) is 18.7. The molecule has 0 aliphatic carbocycles. The Labute approximate surface area is 161 Å². The van der Waals surface area contributed by atoms with Gasteiger partial charge in [-0.1, -0.05) is 23.7 Å². The molecule has 7 heteroatoms. The van der Waals surface area contributed by atoms with E-state index in [2.05, 4.69) is 17.6 Å². The zero-order valence-corrected chi connectivity index (χ0v) is 15.6. The van der Waals surface area contributed by atoms with Gasteiger partial charge in [-0.25, -0.2) is 9.37 Å². The van der Waals surface area contributed by atoms with E-state index in [-0.39, 0.29) is 5.82 Å². The molecule has 1 N–H and O–H groups in total. The van der Waals surface area contributed by atoms with Gasteiger partial charge in [-0.3, -0.25) is 4.79 Å². The number of fused-ring (bicyclic) bond motifs is 1. The van der Waals surface area contributed by atoms with Crippen LogP contribution in [0, 0.1) is 5.82 Å². The van der Waals surface area contributed by atoms with Crippen molar-refractivity contribution in [2.45, 2.75) is 31.1 Å². The molecule has 136 valence electrons. The lowest BCUT2D eigenvalue weighted by Crippen LogP contribution is -2.14. The standard InChI is InChI=1S/C19H18ClFN2O2S/c20-13-6-4-12(5-7-13)11-23-16-9-8-14(21)10-15(16)22-18(23)3-1-2-17(26)19(24)25/h4-10,17,26H,1-3,11H2,(H,24,25). The lowest BCUT2D eigenvalue weighted by atomic mass is 10.1. The summed E-state index contributed by atoms with van der Waals surface area (Å²) in [6, 6.07) is 12.1. The van der Waals surface area contributed by atoms with Crippen molar-refractivity contribution in [3.05, 3.63) is 64.7 Å². The van der Waals surface area contributed by atoms with E-state index >= 15 is 0 Å². The average molecular weight is 393 g/mol. The third-order valence-electron chi connectivity index (χ3n) is 4.21. The van der Waals surface area contributed by atoms with Crippen LogP contribution in [0.3, 0.4) is 0 Å². The molecule has 3 aromatic rings. The molecule has 2 aromatic carbocycles. The van der Waals surface area contributed by atoms with Crippen molar-refractivity contribution >= 4 is 41.2 Å². The molecule has 1 atom stereocenters. The summed E-state index contributed by atoms with van der Waals surface area (Å²) in [4.78, 5) is 15.5. The molecular formula is C19H18ClFN2O2S. The van der Waals surface area contributed by atoms with Gasteiger partial charge < -0.3 is 9.67 Å². The number of halogens is 2. The van der Waals surface area contributed by atoms with E-state index in [0.717, 1.165) is 16.9 Å². The Bertz CT molecular complexity index is 927. The topological polar surface area (TPSA) is 55.1 Å². The average Bonchev–Trinajstić information content (AvgIpc) is 2.93. The Hall–Kier alpha value is -2.05. The van der Waals surface area contributed by atoms with Crippen LogP contribution in [-0.2, 0) is 17.8 Å². The van der Waals surface area contributed by atoms with Crippen LogP contribution in [0.4, 0.5) is 4.39 Å². The molecule has 0 radical (unpaired) electrons. The first-order chi connectivity index (χ1) is 12.4. The normalized spacial score (nSPS) is 12.4. The maximum absolute atomic E-state index is 13.6. The van der Waals surface area contributed by atoms with Gasteiger partial charge in [-0.05, 0) is 42.7 Å². The predicted octanol–water partition coefficient (Wildman–Crippen LogP) is 4.58. The van der Waals surface area contributed by atoms with Crippen LogP contribution >= 0.6 is 24.2 Å². The zero-order valence-electron chi connectivity index (χ0n) is 13.9. The van der Waals surface area contributed by atoms with Gasteiger partial charge in [0.1, 0.15) is 11.6 Å².